The normalized spacial score (nSPS) is 19.2. The lowest BCUT2D eigenvalue weighted by molar-refractivity contribution is -0.140. The topological polar surface area (TPSA) is 87.3 Å². The van der Waals surface area contributed by atoms with Crippen molar-refractivity contribution >= 4 is 69.6 Å². The van der Waals surface area contributed by atoms with Crippen LogP contribution in [-0.2, 0) is 15.8 Å². The van der Waals surface area contributed by atoms with Crippen LogP contribution < -0.4 is 16.0 Å². The Kier molecular flexibility index (Phi) is 9.05. The van der Waals surface area contributed by atoms with Gasteiger partial charge in [-0.25, -0.2) is 13.2 Å². The third kappa shape index (κ3) is 6.73. The summed E-state index contributed by atoms with van der Waals surface area (Å²) in [4.78, 5) is 38.6. The molecule has 0 saturated heterocycles. The zero-order valence-electron chi connectivity index (χ0n) is 22.8. The minimum Gasteiger partial charge on any atom is -0.326 e. The van der Waals surface area contributed by atoms with Crippen LogP contribution in [0.5, 0.6) is 0 Å². The number of amides is 3. The number of benzene rings is 3. The molecule has 15 heteroatoms. The van der Waals surface area contributed by atoms with Crippen LogP contribution in [0, 0.1) is 29.3 Å². The van der Waals surface area contributed by atoms with Gasteiger partial charge in [0, 0.05) is 17.5 Å². The average Bonchev–Trinajstić information content (AvgIpc) is 3.27. The van der Waals surface area contributed by atoms with E-state index in [1.54, 1.807) is 0 Å². The number of rotatable bonds is 7. The molecule has 3 amide bonds. The van der Waals surface area contributed by atoms with Crippen molar-refractivity contribution in [3.05, 3.63) is 87.7 Å². The van der Waals surface area contributed by atoms with Crippen LogP contribution in [0.3, 0.4) is 0 Å². The van der Waals surface area contributed by atoms with Gasteiger partial charge in [0.25, 0.3) is 5.91 Å². The SMILES string of the molecule is O=C(Nc1ccc(F)c(NC(=O)C2CCCC2)c1F)c1cc(NC(=O)[C@H]2[C@H](c3ccc(F)c(C(F)(F)F)c3)C2(Cl)Cl)ccc1Cl. The summed E-state index contributed by atoms with van der Waals surface area (Å²) in [5, 5.41) is 6.88. The summed E-state index contributed by atoms with van der Waals surface area (Å²) in [5.74, 6) is -8.78. The molecule has 2 fully saturated rings. The maximum absolute atomic E-state index is 15.2. The number of anilines is 3. The van der Waals surface area contributed by atoms with Crippen molar-refractivity contribution in [1.82, 2.24) is 0 Å². The highest BCUT2D eigenvalue weighted by Crippen LogP contribution is 2.65. The third-order valence-electron chi connectivity index (χ3n) is 7.78. The summed E-state index contributed by atoms with van der Waals surface area (Å²) >= 11 is 18.6. The summed E-state index contributed by atoms with van der Waals surface area (Å²) < 4.78 is 81.2. The number of carbonyl (C=O) groups excluding carboxylic acids is 3. The Balaban J connectivity index is 1.31. The first-order valence-corrected chi connectivity index (χ1v) is 14.7. The molecule has 2 saturated carbocycles. The van der Waals surface area contributed by atoms with Crippen molar-refractivity contribution in [2.75, 3.05) is 16.0 Å². The minimum absolute atomic E-state index is 0.00325. The van der Waals surface area contributed by atoms with E-state index >= 15 is 4.39 Å². The fraction of sp³-hybridized carbons (Fsp3) is 0.300. The lowest BCUT2D eigenvalue weighted by Gasteiger charge is -2.15. The molecule has 45 heavy (non-hydrogen) atoms. The van der Waals surface area contributed by atoms with E-state index in [2.05, 4.69) is 16.0 Å². The Bertz CT molecular complexity index is 1700. The van der Waals surface area contributed by atoms with Gasteiger partial charge in [-0.3, -0.25) is 14.4 Å². The van der Waals surface area contributed by atoms with Crippen molar-refractivity contribution in [1.29, 1.82) is 0 Å². The number of carbonyl (C=O) groups is 3. The molecule has 0 aromatic heterocycles. The van der Waals surface area contributed by atoms with E-state index in [4.69, 9.17) is 34.8 Å². The van der Waals surface area contributed by atoms with Gasteiger partial charge in [-0.2, -0.15) is 13.2 Å². The largest absolute Gasteiger partial charge is 0.419 e. The monoisotopic (exact) mass is 691 g/mol. The number of hydrogen-bond donors (Lipinski definition) is 3. The lowest BCUT2D eigenvalue weighted by Crippen LogP contribution is -2.22. The highest BCUT2D eigenvalue weighted by Gasteiger charge is 2.67. The van der Waals surface area contributed by atoms with Gasteiger partial charge < -0.3 is 16.0 Å². The molecule has 2 atom stereocenters. The van der Waals surface area contributed by atoms with Crippen molar-refractivity contribution in [3.63, 3.8) is 0 Å². The van der Waals surface area contributed by atoms with Crippen molar-refractivity contribution in [2.24, 2.45) is 11.8 Å². The standard InChI is InChI=1S/C30H22Cl3F6N3O3/c31-18-7-6-15(40-28(45)23-22(29(23,32)33)14-5-8-19(34)17(11-14)30(37,38)39)12-16(18)27(44)41-21-10-9-20(35)25(24(21)36)42-26(43)13-3-1-2-4-13/h5-13,22-23H,1-4H2,(H,40,45)(H,41,44)(H,42,43)/t22-,23+/m0/s1. The van der Waals surface area contributed by atoms with Crippen LogP contribution in [0.25, 0.3) is 0 Å². The van der Waals surface area contributed by atoms with Crippen molar-refractivity contribution in [2.45, 2.75) is 42.1 Å². The Labute approximate surface area is 267 Å². The molecule has 2 aliphatic carbocycles. The van der Waals surface area contributed by atoms with Crippen molar-refractivity contribution in [3.8, 4) is 0 Å². The molecule has 0 bridgehead atoms. The molecular formula is C30H22Cl3F6N3O3. The smallest absolute Gasteiger partial charge is 0.326 e. The fourth-order valence-electron chi connectivity index (χ4n) is 5.38. The number of halogens is 9. The summed E-state index contributed by atoms with van der Waals surface area (Å²) in [6.45, 7) is 0. The number of alkyl halides is 5. The second-order valence-electron chi connectivity index (χ2n) is 10.8. The van der Waals surface area contributed by atoms with Crippen molar-refractivity contribution < 1.29 is 40.7 Å². The summed E-state index contributed by atoms with van der Waals surface area (Å²) in [5.41, 5.74) is -3.05. The van der Waals surface area contributed by atoms with Crippen LogP contribution in [0.15, 0.2) is 48.5 Å². The molecule has 238 valence electrons. The predicted octanol–water partition coefficient (Wildman–Crippen LogP) is 8.68. The van der Waals surface area contributed by atoms with Crippen LogP contribution in [-0.4, -0.2) is 22.1 Å². The Hall–Kier alpha value is -3.48. The Morgan fingerprint density at radius 3 is 2.16 bits per heavy atom. The average molecular weight is 693 g/mol. The second-order valence-corrected chi connectivity index (χ2v) is 12.6. The molecule has 3 N–H and O–H groups in total. The van der Waals surface area contributed by atoms with Gasteiger partial charge in [-0.05, 0) is 60.9 Å². The van der Waals surface area contributed by atoms with E-state index in [0.29, 0.717) is 25.0 Å². The van der Waals surface area contributed by atoms with Gasteiger partial charge in [0.2, 0.25) is 11.8 Å². The second kappa shape index (κ2) is 12.4. The molecular weight excluding hydrogens is 671 g/mol. The first-order chi connectivity index (χ1) is 21.1. The number of nitrogens with one attached hydrogen (secondary N) is 3. The molecule has 5 rings (SSSR count). The van der Waals surface area contributed by atoms with Gasteiger partial charge in [-0.15, -0.1) is 23.2 Å². The van der Waals surface area contributed by atoms with Crippen LogP contribution in [0.4, 0.5) is 43.4 Å². The van der Waals surface area contributed by atoms with Gasteiger partial charge in [0.15, 0.2) is 5.82 Å². The van der Waals surface area contributed by atoms with Gasteiger partial charge in [0.1, 0.15) is 21.7 Å². The number of hydrogen-bond acceptors (Lipinski definition) is 3. The summed E-state index contributed by atoms with van der Waals surface area (Å²) in [6.07, 6.45) is -2.14. The quantitative estimate of drug-likeness (QED) is 0.171. The maximum Gasteiger partial charge on any atom is 0.419 e. The van der Waals surface area contributed by atoms with E-state index in [-0.39, 0.29) is 27.8 Å². The van der Waals surface area contributed by atoms with E-state index in [1.807, 2.05) is 0 Å². The van der Waals surface area contributed by atoms with E-state index in [0.717, 1.165) is 37.1 Å². The molecule has 3 aromatic rings. The molecule has 0 spiro atoms. The zero-order chi connectivity index (χ0) is 32.8. The highest BCUT2D eigenvalue weighted by atomic mass is 35.5. The molecule has 0 radical (unpaired) electrons. The summed E-state index contributed by atoms with van der Waals surface area (Å²) in [6, 6.07) is 7.72. The molecule has 0 unspecified atom stereocenters. The first-order valence-electron chi connectivity index (χ1n) is 13.5. The fourth-order valence-corrected chi connectivity index (χ4v) is 6.42. The zero-order valence-corrected chi connectivity index (χ0v) is 25.1. The van der Waals surface area contributed by atoms with Crippen LogP contribution >= 0.6 is 34.8 Å². The van der Waals surface area contributed by atoms with E-state index < -0.39 is 74.5 Å². The lowest BCUT2D eigenvalue weighted by atomic mass is 10.0. The Morgan fingerprint density at radius 2 is 1.49 bits per heavy atom. The van der Waals surface area contributed by atoms with Crippen LogP contribution in [0.2, 0.25) is 5.02 Å². The van der Waals surface area contributed by atoms with E-state index in [9.17, 15) is 36.3 Å². The maximum atomic E-state index is 15.2. The first kappa shape index (κ1) is 32.9. The Morgan fingerprint density at radius 1 is 0.822 bits per heavy atom. The van der Waals surface area contributed by atoms with Gasteiger partial charge >= 0.3 is 6.18 Å². The van der Waals surface area contributed by atoms with E-state index in [1.165, 1.54) is 12.1 Å². The molecule has 3 aromatic carbocycles. The molecule has 0 heterocycles. The van der Waals surface area contributed by atoms with Gasteiger partial charge in [0.05, 0.1) is 27.8 Å². The molecule has 6 nitrogen and oxygen atoms in total. The third-order valence-corrected chi connectivity index (χ3v) is 9.05. The highest BCUT2D eigenvalue weighted by molar-refractivity contribution is 6.53. The van der Waals surface area contributed by atoms with Gasteiger partial charge in [-0.1, -0.05) is 30.5 Å². The minimum atomic E-state index is -4.99. The molecule has 2 aliphatic rings. The van der Waals surface area contributed by atoms with Crippen LogP contribution in [0.1, 0.15) is 53.1 Å². The molecule has 0 aliphatic heterocycles. The summed E-state index contributed by atoms with van der Waals surface area (Å²) in [7, 11) is 0. The predicted molar refractivity (Wildman–Crippen MR) is 157 cm³/mol.